The van der Waals surface area contributed by atoms with Crippen LogP contribution in [-0.2, 0) is 16.4 Å². The second-order valence-corrected chi connectivity index (χ2v) is 11.6. The first-order chi connectivity index (χ1) is 18.9. The lowest BCUT2D eigenvalue weighted by molar-refractivity contribution is 0.305. The molecule has 0 radical (unpaired) electrons. The van der Waals surface area contributed by atoms with Crippen LogP contribution in [-0.4, -0.2) is 38.5 Å². The third-order valence-electron chi connectivity index (χ3n) is 6.61. The number of nitrogens with two attached hydrogens (primary N) is 1. The summed E-state index contributed by atoms with van der Waals surface area (Å²) >= 11 is 6.25. The zero-order valence-electron chi connectivity index (χ0n) is 21.6. The van der Waals surface area contributed by atoms with E-state index in [2.05, 4.69) is 0 Å². The number of sulfone groups is 1. The summed E-state index contributed by atoms with van der Waals surface area (Å²) in [6.45, 7) is 1.39. The van der Waals surface area contributed by atoms with Crippen LogP contribution in [0.4, 0.5) is 0 Å². The normalized spacial score (nSPS) is 11.8. The smallest absolute Gasteiger partial charge is 0.226 e. The van der Waals surface area contributed by atoms with Gasteiger partial charge in [-0.1, -0.05) is 60.1 Å². The van der Waals surface area contributed by atoms with Gasteiger partial charge < -0.3 is 15.2 Å². The monoisotopic (exact) mass is 563 g/mol. The van der Waals surface area contributed by atoms with Crippen molar-refractivity contribution in [1.29, 1.82) is 0 Å². The van der Waals surface area contributed by atoms with Gasteiger partial charge in [-0.3, -0.25) is 4.68 Å². The molecule has 5 aromatic rings. The molecule has 0 bridgehead atoms. The summed E-state index contributed by atoms with van der Waals surface area (Å²) in [4.78, 5) is 0.196. The number of nitrogens with zero attached hydrogens (tertiary/aromatic N) is 2. The van der Waals surface area contributed by atoms with E-state index in [0.717, 1.165) is 30.2 Å². The minimum atomic E-state index is -4.03. The molecule has 0 saturated carbocycles. The van der Waals surface area contributed by atoms with Crippen LogP contribution in [0.1, 0.15) is 24.8 Å². The van der Waals surface area contributed by atoms with Crippen LogP contribution in [0.15, 0.2) is 88.8 Å². The fourth-order valence-electron chi connectivity index (χ4n) is 4.71. The lowest BCUT2D eigenvalue weighted by atomic mass is 10.1. The van der Waals surface area contributed by atoms with Crippen molar-refractivity contribution in [3.8, 4) is 11.5 Å². The van der Waals surface area contributed by atoms with Crippen LogP contribution >= 0.6 is 11.6 Å². The highest BCUT2D eigenvalue weighted by Crippen LogP contribution is 2.38. The summed E-state index contributed by atoms with van der Waals surface area (Å²) in [5, 5.41) is 7.13. The molecule has 2 N–H and O–H groups in total. The molecule has 0 spiro atoms. The summed E-state index contributed by atoms with van der Waals surface area (Å²) in [5.74, 6) is 0.988. The van der Waals surface area contributed by atoms with Crippen molar-refractivity contribution in [3.05, 3.63) is 89.4 Å². The molecule has 5 rings (SSSR count). The zero-order valence-corrected chi connectivity index (χ0v) is 23.2. The second-order valence-electron chi connectivity index (χ2n) is 9.29. The fraction of sp³-hybridized carbons (Fsp3) is 0.233. The van der Waals surface area contributed by atoms with Gasteiger partial charge in [-0.25, -0.2) is 8.42 Å². The quantitative estimate of drug-likeness (QED) is 0.191. The Balaban J connectivity index is 1.70. The van der Waals surface area contributed by atoms with E-state index in [0.29, 0.717) is 52.5 Å². The number of halogens is 1. The Hall–Kier alpha value is -3.59. The van der Waals surface area contributed by atoms with Gasteiger partial charge in [-0.15, -0.1) is 0 Å². The molecule has 0 fully saturated rings. The number of unbranched alkanes of at least 4 members (excludes halogenated alkanes) is 2. The Morgan fingerprint density at radius 3 is 2.51 bits per heavy atom. The van der Waals surface area contributed by atoms with Crippen LogP contribution in [0.25, 0.3) is 21.7 Å². The molecule has 0 aliphatic rings. The number of hydrogen-bond donors (Lipinski definition) is 1. The van der Waals surface area contributed by atoms with Crippen molar-refractivity contribution < 1.29 is 17.9 Å². The maximum absolute atomic E-state index is 14.2. The summed E-state index contributed by atoms with van der Waals surface area (Å²) < 4.78 is 41.9. The Labute approximate surface area is 233 Å². The molecule has 4 aromatic carbocycles. The largest absolute Gasteiger partial charge is 0.497 e. The van der Waals surface area contributed by atoms with Crippen molar-refractivity contribution in [3.63, 3.8) is 0 Å². The first-order valence-electron chi connectivity index (χ1n) is 12.8. The average molecular weight is 564 g/mol. The molecule has 0 unspecified atom stereocenters. The Morgan fingerprint density at radius 2 is 1.72 bits per heavy atom. The molecule has 1 heterocycles. The Bertz CT molecular complexity index is 1730. The number of rotatable bonds is 11. The number of aromatic nitrogens is 2. The summed E-state index contributed by atoms with van der Waals surface area (Å²) in [6.07, 6.45) is 2.67. The molecule has 0 saturated heterocycles. The van der Waals surface area contributed by atoms with Gasteiger partial charge in [0.2, 0.25) is 9.84 Å². The number of ether oxygens (including phenoxy) is 2. The lowest BCUT2D eigenvalue weighted by Gasteiger charge is -2.12. The minimum absolute atomic E-state index is 0.0530. The van der Waals surface area contributed by atoms with Crippen molar-refractivity contribution in [2.24, 2.45) is 5.73 Å². The summed E-state index contributed by atoms with van der Waals surface area (Å²) in [6, 6.07) is 23.6. The van der Waals surface area contributed by atoms with Crippen molar-refractivity contribution >= 4 is 43.1 Å². The Kier molecular flexibility index (Phi) is 8.07. The van der Waals surface area contributed by atoms with E-state index in [1.165, 1.54) is 0 Å². The third kappa shape index (κ3) is 5.59. The molecular weight excluding hydrogens is 534 g/mol. The van der Waals surface area contributed by atoms with Crippen LogP contribution in [0.2, 0.25) is 5.02 Å². The van der Waals surface area contributed by atoms with Gasteiger partial charge in [0, 0.05) is 21.9 Å². The number of methoxy groups -OCH3 is 1. The molecule has 39 heavy (non-hydrogen) atoms. The van der Waals surface area contributed by atoms with E-state index in [9.17, 15) is 8.42 Å². The van der Waals surface area contributed by atoms with E-state index >= 15 is 0 Å². The zero-order chi connectivity index (χ0) is 27.4. The average Bonchev–Trinajstić information content (AvgIpc) is 3.31. The Morgan fingerprint density at radius 1 is 0.923 bits per heavy atom. The van der Waals surface area contributed by atoms with Crippen LogP contribution in [0, 0.1) is 0 Å². The minimum Gasteiger partial charge on any atom is -0.497 e. The molecule has 1 aromatic heterocycles. The SMILES string of the molecule is COc1cc(OCCCCCN)c2c(c1)c(S(=O)(=O)c1cccc3ccccc13)nn2Cc1cccc(Cl)c1. The topological polar surface area (TPSA) is 96.4 Å². The molecule has 0 atom stereocenters. The highest BCUT2D eigenvalue weighted by atomic mass is 35.5. The molecule has 7 nitrogen and oxygen atoms in total. The number of benzene rings is 4. The van der Waals surface area contributed by atoms with Crippen molar-refractivity contribution in [1.82, 2.24) is 9.78 Å². The highest BCUT2D eigenvalue weighted by Gasteiger charge is 2.29. The predicted molar refractivity (Wildman–Crippen MR) is 155 cm³/mol. The van der Waals surface area contributed by atoms with E-state index < -0.39 is 9.84 Å². The molecule has 0 aliphatic carbocycles. The summed E-state index contributed by atoms with van der Waals surface area (Å²) in [7, 11) is -2.49. The van der Waals surface area contributed by atoms with Gasteiger partial charge in [0.15, 0.2) is 5.03 Å². The highest BCUT2D eigenvalue weighted by molar-refractivity contribution is 7.91. The second kappa shape index (κ2) is 11.7. The van der Waals surface area contributed by atoms with Gasteiger partial charge in [-0.05, 0) is 61.0 Å². The van der Waals surface area contributed by atoms with Crippen LogP contribution in [0.3, 0.4) is 0 Å². The van der Waals surface area contributed by atoms with E-state index in [1.54, 1.807) is 42.1 Å². The van der Waals surface area contributed by atoms with E-state index in [4.69, 9.17) is 31.9 Å². The fourth-order valence-corrected chi connectivity index (χ4v) is 6.52. The molecule has 9 heteroatoms. The van der Waals surface area contributed by atoms with Crippen molar-refractivity contribution in [2.45, 2.75) is 35.7 Å². The molecule has 0 amide bonds. The maximum atomic E-state index is 14.2. The lowest BCUT2D eigenvalue weighted by Crippen LogP contribution is -2.07. The molecule has 202 valence electrons. The number of fused-ring (bicyclic) bond motifs is 2. The van der Waals surface area contributed by atoms with Gasteiger partial charge >= 0.3 is 0 Å². The molecule has 0 aliphatic heterocycles. The molecular formula is C30H30ClN3O4S. The first kappa shape index (κ1) is 27.0. The van der Waals surface area contributed by atoms with Crippen LogP contribution < -0.4 is 15.2 Å². The standard InChI is InChI=1S/C30H30ClN3O4S/c1-37-24-18-26-29(27(19-24)38-16-6-2-5-15-32)34(20-21-9-7-12-23(31)17-21)33-30(26)39(35,36)28-14-8-11-22-10-3-4-13-25(22)28/h3-4,7-14,17-19H,2,5-6,15-16,20,32H2,1H3. The maximum Gasteiger partial charge on any atom is 0.226 e. The third-order valence-corrected chi connectivity index (χ3v) is 8.59. The summed E-state index contributed by atoms with van der Waals surface area (Å²) in [5.41, 5.74) is 7.09. The van der Waals surface area contributed by atoms with Gasteiger partial charge in [0.25, 0.3) is 0 Å². The first-order valence-corrected chi connectivity index (χ1v) is 14.7. The van der Waals surface area contributed by atoms with Gasteiger partial charge in [0.1, 0.15) is 17.0 Å². The van der Waals surface area contributed by atoms with Crippen LogP contribution in [0.5, 0.6) is 11.5 Å². The predicted octanol–water partition coefficient (Wildman–Crippen LogP) is 6.24. The number of hydrogen-bond acceptors (Lipinski definition) is 6. The van der Waals surface area contributed by atoms with E-state index in [-0.39, 0.29) is 9.92 Å². The van der Waals surface area contributed by atoms with Crippen molar-refractivity contribution in [2.75, 3.05) is 20.3 Å². The van der Waals surface area contributed by atoms with Gasteiger partial charge in [-0.2, -0.15) is 5.10 Å². The van der Waals surface area contributed by atoms with E-state index in [1.807, 2.05) is 48.5 Å². The van der Waals surface area contributed by atoms with Gasteiger partial charge in [0.05, 0.1) is 25.2 Å².